The topological polar surface area (TPSA) is 45.5 Å². The van der Waals surface area contributed by atoms with Gasteiger partial charge in [-0.1, -0.05) is 6.92 Å². The van der Waals surface area contributed by atoms with Crippen LogP contribution >= 0.6 is 0 Å². The summed E-state index contributed by atoms with van der Waals surface area (Å²) in [6.45, 7) is 5.70. The number of carbonyl (C=O) groups is 1. The molecule has 4 heteroatoms. The monoisotopic (exact) mass is 224 g/mol. The molecule has 0 radical (unpaired) electrons. The number of furan rings is 1. The van der Waals surface area contributed by atoms with Crippen LogP contribution in [-0.4, -0.2) is 30.9 Å². The van der Waals surface area contributed by atoms with Crippen molar-refractivity contribution in [1.82, 2.24) is 10.2 Å². The predicted octanol–water partition coefficient (Wildman–Crippen LogP) is 1.41. The fraction of sp³-hybridized carbons (Fsp3) is 0.583. The van der Waals surface area contributed by atoms with E-state index in [0.717, 1.165) is 24.5 Å². The van der Waals surface area contributed by atoms with Gasteiger partial charge in [0.05, 0.1) is 13.1 Å². The lowest BCUT2D eigenvalue weighted by Gasteiger charge is -2.14. The van der Waals surface area contributed by atoms with Gasteiger partial charge in [0.2, 0.25) is 5.91 Å². The third-order valence-corrected chi connectivity index (χ3v) is 2.54. The molecule has 0 aliphatic rings. The van der Waals surface area contributed by atoms with Crippen LogP contribution in [0.5, 0.6) is 0 Å². The Balaban J connectivity index is 2.27. The second-order valence-corrected chi connectivity index (χ2v) is 3.73. The summed E-state index contributed by atoms with van der Waals surface area (Å²) in [5.74, 6) is 1.96. The summed E-state index contributed by atoms with van der Waals surface area (Å²) in [6, 6.07) is 3.91. The molecule has 1 rings (SSSR count). The molecule has 90 valence electrons. The molecule has 16 heavy (non-hydrogen) atoms. The lowest BCUT2D eigenvalue weighted by molar-refractivity contribution is -0.128. The summed E-state index contributed by atoms with van der Waals surface area (Å²) in [5.41, 5.74) is 0. The quantitative estimate of drug-likeness (QED) is 0.794. The Morgan fingerprint density at radius 2 is 2.06 bits per heavy atom. The zero-order valence-corrected chi connectivity index (χ0v) is 10.2. The van der Waals surface area contributed by atoms with Crippen molar-refractivity contribution in [3.8, 4) is 0 Å². The first-order chi connectivity index (χ1) is 7.67. The van der Waals surface area contributed by atoms with Crippen LogP contribution in [0.4, 0.5) is 0 Å². The number of nitrogens with zero attached hydrogens (tertiary/aromatic N) is 1. The number of hydrogen-bond acceptors (Lipinski definition) is 3. The number of aryl methyl sites for hydroxylation is 1. The molecular weight excluding hydrogens is 204 g/mol. The van der Waals surface area contributed by atoms with Crippen molar-refractivity contribution in [3.05, 3.63) is 23.7 Å². The molecule has 0 aromatic carbocycles. The van der Waals surface area contributed by atoms with E-state index in [-0.39, 0.29) is 5.91 Å². The van der Waals surface area contributed by atoms with E-state index in [1.165, 1.54) is 0 Å². The standard InChI is InChI=1S/C12H20N2O2/c1-4-10-6-7-11(16-10)8-13-9-12(15)14(3)5-2/h6-7,13H,4-5,8-9H2,1-3H3. The summed E-state index contributed by atoms with van der Waals surface area (Å²) in [5, 5.41) is 3.07. The van der Waals surface area contributed by atoms with Gasteiger partial charge in [0, 0.05) is 20.0 Å². The molecular formula is C12H20N2O2. The number of hydrogen-bond donors (Lipinski definition) is 1. The minimum Gasteiger partial charge on any atom is -0.465 e. The number of rotatable bonds is 6. The average molecular weight is 224 g/mol. The third-order valence-electron chi connectivity index (χ3n) is 2.54. The van der Waals surface area contributed by atoms with Gasteiger partial charge in [-0.15, -0.1) is 0 Å². The van der Waals surface area contributed by atoms with Gasteiger partial charge in [-0.05, 0) is 19.1 Å². The molecule has 0 saturated heterocycles. The fourth-order valence-corrected chi connectivity index (χ4v) is 1.31. The van der Waals surface area contributed by atoms with Crippen LogP contribution in [0.3, 0.4) is 0 Å². The Morgan fingerprint density at radius 3 is 2.62 bits per heavy atom. The largest absolute Gasteiger partial charge is 0.465 e. The number of carbonyl (C=O) groups excluding carboxylic acids is 1. The second-order valence-electron chi connectivity index (χ2n) is 3.73. The number of amides is 1. The normalized spacial score (nSPS) is 10.4. The minimum absolute atomic E-state index is 0.102. The Labute approximate surface area is 96.6 Å². The van der Waals surface area contributed by atoms with Crippen LogP contribution in [0, 0.1) is 0 Å². The fourth-order valence-electron chi connectivity index (χ4n) is 1.31. The van der Waals surface area contributed by atoms with Gasteiger partial charge < -0.3 is 14.6 Å². The Bertz CT molecular complexity index is 334. The maximum atomic E-state index is 11.5. The summed E-state index contributed by atoms with van der Waals surface area (Å²) in [6.07, 6.45) is 0.900. The summed E-state index contributed by atoms with van der Waals surface area (Å²) >= 11 is 0. The van der Waals surface area contributed by atoms with Crippen molar-refractivity contribution in [2.24, 2.45) is 0 Å². The van der Waals surface area contributed by atoms with E-state index >= 15 is 0 Å². The highest BCUT2D eigenvalue weighted by molar-refractivity contribution is 5.77. The lowest BCUT2D eigenvalue weighted by Crippen LogP contribution is -2.35. The van der Waals surface area contributed by atoms with Crippen molar-refractivity contribution < 1.29 is 9.21 Å². The van der Waals surface area contributed by atoms with Crippen LogP contribution in [0.15, 0.2) is 16.5 Å². The van der Waals surface area contributed by atoms with Crippen LogP contribution < -0.4 is 5.32 Å². The molecule has 0 atom stereocenters. The molecule has 1 aromatic rings. The Hall–Kier alpha value is -1.29. The zero-order chi connectivity index (χ0) is 12.0. The van der Waals surface area contributed by atoms with Crippen LogP contribution in [0.2, 0.25) is 0 Å². The molecule has 1 heterocycles. The predicted molar refractivity (Wildman–Crippen MR) is 63.1 cm³/mol. The maximum absolute atomic E-state index is 11.5. The molecule has 0 fully saturated rings. The third kappa shape index (κ3) is 3.70. The van der Waals surface area contributed by atoms with E-state index in [2.05, 4.69) is 12.2 Å². The smallest absolute Gasteiger partial charge is 0.236 e. The van der Waals surface area contributed by atoms with Gasteiger partial charge >= 0.3 is 0 Å². The lowest BCUT2D eigenvalue weighted by atomic mass is 10.3. The van der Waals surface area contributed by atoms with E-state index in [4.69, 9.17) is 4.42 Å². The van der Waals surface area contributed by atoms with E-state index in [9.17, 15) is 4.79 Å². The van der Waals surface area contributed by atoms with Crippen molar-refractivity contribution >= 4 is 5.91 Å². The highest BCUT2D eigenvalue weighted by atomic mass is 16.3. The van der Waals surface area contributed by atoms with Gasteiger partial charge in [0.1, 0.15) is 11.5 Å². The summed E-state index contributed by atoms with van der Waals surface area (Å²) in [7, 11) is 1.80. The maximum Gasteiger partial charge on any atom is 0.236 e. The first-order valence-electron chi connectivity index (χ1n) is 5.69. The van der Waals surface area contributed by atoms with E-state index in [1.54, 1.807) is 11.9 Å². The van der Waals surface area contributed by atoms with Crippen LogP contribution in [-0.2, 0) is 17.8 Å². The van der Waals surface area contributed by atoms with E-state index < -0.39 is 0 Å². The van der Waals surface area contributed by atoms with E-state index in [1.807, 2.05) is 19.1 Å². The summed E-state index contributed by atoms with van der Waals surface area (Å²) < 4.78 is 5.51. The second kappa shape index (κ2) is 6.33. The van der Waals surface area contributed by atoms with Gasteiger partial charge in [-0.25, -0.2) is 0 Å². The van der Waals surface area contributed by atoms with Gasteiger partial charge in [-0.3, -0.25) is 4.79 Å². The Kier molecular flexibility index (Phi) is 5.05. The first-order valence-corrected chi connectivity index (χ1v) is 5.69. The first kappa shape index (κ1) is 12.8. The van der Waals surface area contributed by atoms with Gasteiger partial charge in [0.25, 0.3) is 0 Å². The van der Waals surface area contributed by atoms with Gasteiger partial charge in [0.15, 0.2) is 0 Å². The minimum atomic E-state index is 0.102. The zero-order valence-electron chi connectivity index (χ0n) is 10.2. The molecule has 4 nitrogen and oxygen atoms in total. The molecule has 0 saturated carbocycles. The molecule has 1 amide bonds. The van der Waals surface area contributed by atoms with Gasteiger partial charge in [-0.2, -0.15) is 0 Å². The molecule has 1 N–H and O–H groups in total. The molecule has 0 spiro atoms. The Morgan fingerprint density at radius 1 is 1.38 bits per heavy atom. The summed E-state index contributed by atoms with van der Waals surface area (Å²) in [4.78, 5) is 13.1. The van der Waals surface area contributed by atoms with Crippen LogP contribution in [0.1, 0.15) is 25.4 Å². The molecule has 0 bridgehead atoms. The van der Waals surface area contributed by atoms with Crippen molar-refractivity contribution in [2.75, 3.05) is 20.1 Å². The molecule has 0 unspecified atom stereocenters. The van der Waals surface area contributed by atoms with Crippen molar-refractivity contribution in [2.45, 2.75) is 26.8 Å². The van der Waals surface area contributed by atoms with Crippen molar-refractivity contribution in [1.29, 1.82) is 0 Å². The number of likely N-dealkylation sites (N-methyl/N-ethyl adjacent to an activating group) is 1. The van der Waals surface area contributed by atoms with Crippen LogP contribution in [0.25, 0.3) is 0 Å². The molecule has 1 aromatic heterocycles. The average Bonchev–Trinajstić information content (AvgIpc) is 2.75. The van der Waals surface area contributed by atoms with Crippen molar-refractivity contribution in [3.63, 3.8) is 0 Å². The van der Waals surface area contributed by atoms with E-state index in [0.29, 0.717) is 13.1 Å². The highest BCUT2D eigenvalue weighted by Crippen LogP contribution is 2.07. The molecule has 0 aliphatic heterocycles. The molecule has 0 aliphatic carbocycles. The number of nitrogens with one attached hydrogen (secondary N) is 1. The highest BCUT2D eigenvalue weighted by Gasteiger charge is 2.06. The SMILES string of the molecule is CCc1ccc(CNCC(=O)N(C)CC)o1.